The molecule has 4 heteroatoms. The molecule has 1 saturated carbocycles. The smallest absolute Gasteiger partial charge is 0.0951 e. The lowest BCUT2D eigenvalue weighted by molar-refractivity contribution is 0.378. The SMILES string of the molecule is CCSC1CCC(n2cncc2C2CCCCN2)C1. The fraction of sp³-hybridized carbons (Fsp3) is 0.800. The Hall–Kier alpha value is -0.480. The van der Waals surface area contributed by atoms with Crippen molar-refractivity contribution in [3.05, 3.63) is 18.2 Å². The van der Waals surface area contributed by atoms with Crippen molar-refractivity contribution in [2.45, 2.75) is 62.8 Å². The molecule has 3 rings (SSSR count). The summed E-state index contributed by atoms with van der Waals surface area (Å²) in [6, 6.07) is 1.22. The van der Waals surface area contributed by atoms with E-state index in [1.807, 2.05) is 0 Å². The van der Waals surface area contributed by atoms with Gasteiger partial charge in [-0.25, -0.2) is 4.98 Å². The molecule has 0 spiro atoms. The number of nitrogens with one attached hydrogen (secondary N) is 1. The number of aromatic nitrogens is 2. The molecule has 19 heavy (non-hydrogen) atoms. The van der Waals surface area contributed by atoms with Crippen molar-refractivity contribution in [3.8, 4) is 0 Å². The second kappa shape index (κ2) is 6.31. The molecular weight excluding hydrogens is 254 g/mol. The van der Waals surface area contributed by atoms with Crippen LogP contribution in [-0.4, -0.2) is 27.1 Å². The topological polar surface area (TPSA) is 29.9 Å². The summed E-state index contributed by atoms with van der Waals surface area (Å²) in [4.78, 5) is 4.43. The van der Waals surface area contributed by atoms with E-state index in [2.05, 4.69) is 46.1 Å². The fourth-order valence-electron chi connectivity index (χ4n) is 3.55. The van der Waals surface area contributed by atoms with Crippen molar-refractivity contribution in [3.63, 3.8) is 0 Å². The lowest BCUT2D eigenvalue weighted by atomic mass is 10.0. The first-order valence-corrected chi connectivity index (χ1v) is 8.80. The van der Waals surface area contributed by atoms with Crippen molar-refractivity contribution in [2.24, 2.45) is 0 Å². The Bertz CT molecular complexity index is 398. The third kappa shape index (κ3) is 3.00. The van der Waals surface area contributed by atoms with Gasteiger partial charge >= 0.3 is 0 Å². The Balaban J connectivity index is 1.70. The first-order valence-electron chi connectivity index (χ1n) is 7.75. The maximum absolute atomic E-state index is 4.43. The molecule has 3 unspecified atom stereocenters. The molecule has 3 atom stereocenters. The Morgan fingerprint density at radius 1 is 1.37 bits per heavy atom. The lowest BCUT2D eigenvalue weighted by Crippen LogP contribution is -2.29. The van der Waals surface area contributed by atoms with Crippen LogP contribution < -0.4 is 5.32 Å². The first kappa shape index (κ1) is 13.5. The van der Waals surface area contributed by atoms with Gasteiger partial charge in [0.2, 0.25) is 0 Å². The Morgan fingerprint density at radius 3 is 3.11 bits per heavy atom. The number of hydrogen-bond acceptors (Lipinski definition) is 3. The van der Waals surface area contributed by atoms with Gasteiger partial charge in [-0.3, -0.25) is 0 Å². The van der Waals surface area contributed by atoms with Crippen LogP contribution in [-0.2, 0) is 0 Å². The van der Waals surface area contributed by atoms with Crippen molar-refractivity contribution < 1.29 is 0 Å². The van der Waals surface area contributed by atoms with Crippen LogP contribution in [0.15, 0.2) is 12.5 Å². The van der Waals surface area contributed by atoms with Gasteiger partial charge in [-0.1, -0.05) is 13.3 Å². The van der Waals surface area contributed by atoms with Crippen LogP contribution in [0.1, 0.15) is 63.2 Å². The highest BCUT2D eigenvalue weighted by Crippen LogP contribution is 2.38. The molecule has 1 N–H and O–H groups in total. The summed E-state index contributed by atoms with van der Waals surface area (Å²) in [7, 11) is 0. The van der Waals surface area contributed by atoms with Gasteiger partial charge in [0.25, 0.3) is 0 Å². The monoisotopic (exact) mass is 279 g/mol. The normalized spacial score (nSPS) is 31.7. The number of imidazole rings is 1. The number of thioether (sulfide) groups is 1. The van der Waals surface area contributed by atoms with Crippen LogP contribution in [0, 0.1) is 0 Å². The zero-order chi connectivity index (χ0) is 13.1. The molecule has 3 nitrogen and oxygen atoms in total. The van der Waals surface area contributed by atoms with Gasteiger partial charge in [-0.05, 0) is 44.4 Å². The first-order chi connectivity index (χ1) is 9.38. The Kier molecular flexibility index (Phi) is 4.49. The number of piperidine rings is 1. The van der Waals surface area contributed by atoms with Gasteiger partial charge in [-0.15, -0.1) is 0 Å². The van der Waals surface area contributed by atoms with Crippen LogP contribution in [0.25, 0.3) is 0 Å². The molecule has 106 valence electrons. The summed E-state index contributed by atoms with van der Waals surface area (Å²) in [5, 5.41) is 4.52. The molecule has 1 aromatic rings. The molecule has 1 aliphatic heterocycles. The molecule has 2 heterocycles. The molecule has 1 aromatic heterocycles. The van der Waals surface area contributed by atoms with E-state index in [9.17, 15) is 0 Å². The van der Waals surface area contributed by atoms with E-state index < -0.39 is 0 Å². The van der Waals surface area contributed by atoms with Crippen molar-refractivity contribution in [2.75, 3.05) is 12.3 Å². The average molecular weight is 279 g/mol. The third-order valence-electron chi connectivity index (χ3n) is 4.52. The second-order valence-corrected chi connectivity index (χ2v) is 7.35. The van der Waals surface area contributed by atoms with Crippen LogP contribution >= 0.6 is 11.8 Å². The van der Waals surface area contributed by atoms with Crippen LogP contribution in [0.3, 0.4) is 0 Å². The zero-order valence-corrected chi connectivity index (χ0v) is 12.7. The highest BCUT2D eigenvalue weighted by Gasteiger charge is 2.28. The average Bonchev–Trinajstić information content (AvgIpc) is 3.08. The molecule has 0 radical (unpaired) electrons. The summed E-state index contributed by atoms with van der Waals surface area (Å²) >= 11 is 2.13. The van der Waals surface area contributed by atoms with Gasteiger partial charge < -0.3 is 9.88 Å². The highest BCUT2D eigenvalue weighted by molar-refractivity contribution is 7.99. The van der Waals surface area contributed by atoms with E-state index in [1.54, 1.807) is 0 Å². The summed E-state index contributed by atoms with van der Waals surface area (Å²) in [5.41, 5.74) is 1.42. The largest absolute Gasteiger partial charge is 0.330 e. The summed E-state index contributed by atoms with van der Waals surface area (Å²) in [5.74, 6) is 1.25. The summed E-state index contributed by atoms with van der Waals surface area (Å²) in [6.07, 6.45) is 12.1. The van der Waals surface area contributed by atoms with Gasteiger partial charge in [0.05, 0.1) is 12.0 Å². The van der Waals surface area contributed by atoms with E-state index in [0.29, 0.717) is 12.1 Å². The molecular formula is C15H25N3S. The Morgan fingerprint density at radius 2 is 2.32 bits per heavy atom. The van der Waals surface area contributed by atoms with Crippen LogP contribution in [0.4, 0.5) is 0 Å². The minimum absolute atomic E-state index is 0.536. The Labute approximate surface area is 120 Å². The van der Waals surface area contributed by atoms with Crippen molar-refractivity contribution in [1.29, 1.82) is 0 Å². The predicted octanol–water partition coefficient (Wildman–Crippen LogP) is 3.54. The van der Waals surface area contributed by atoms with Gasteiger partial charge in [0, 0.05) is 23.5 Å². The standard InChI is InChI=1S/C15H25N3S/c1-2-19-13-7-6-12(9-13)18-11-16-10-15(18)14-5-3-4-8-17-14/h10-14,17H,2-9H2,1H3. The lowest BCUT2D eigenvalue weighted by Gasteiger charge is -2.26. The molecule has 0 amide bonds. The summed E-state index contributed by atoms with van der Waals surface area (Å²) in [6.45, 7) is 3.43. The minimum atomic E-state index is 0.536. The molecule has 2 fully saturated rings. The van der Waals surface area contributed by atoms with Crippen LogP contribution in [0.2, 0.25) is 0 Å². The highest BCUT2D eigenvalue weighted by atomic mass is 32.2. The maximum Gasteiger partial charge on any atom is 0.0951 e. The molecule has 2 aliphatic rings. The van der Waals surface area contributed by atoms with Crippen molar-refractivity contribution in [1.82, 2.24) is 14.9 Å². The maximum atomic E-state index is 4.43. The number of hydrogen-bond donors (Lipinski definition) is 1. The molecule has 1 saturated heterocycles. The van der Waals surface area contributed by atoms with Gasteiger partial charge in [-0.2, -0.15) is 11.8 Å². The van der Waals surface area contributed by atoms with E-state index in [-0.39, 0.29) is 0 Å². The summed E-state index contributed by atoms with van der Waals surface area (Å²) < 4.78 is 2.47. The van der Waals surface area contributed by atoms with E-state index in [4.69, 9.17) is 0 Å². The predicted molar refractivity (Wildman–Crippen MR) is 81.6 cm³/mol. The zero-order valence-electron chi connectivity index (χ0n) is 11.8. The van der Waals surface area contributed by atoms with E-state index in [1.165, 1.54) is 50.0 Å². The number of rotatable bonds is 4. The quantitative estimate of drug-likeness (QED) is 0.914. The second-order valence-electron chi connectivity index (χ2n) is 5.77. The van der Waals surface area contributed by atoms with Gasteiger partial charge in [0.1, 0.15) is 0 Å². The minimum Gasteiger partial charge on any atom is -0.330 e. The van der Waals surface area contributed by atoms with E-state index in [0.717, 1.165) is 11.8 Å². The van der Waals surface area contributed by atoms with Crippen molar-refractivity contribution >= 4 is 11.8 Å². The van der Waals surface area contributed by atoms with Gasteiger partial charge in [0.15, 0.2) is 0 Å². The third-order valence-corrected chi connectivity index (χ3v) is 5.75. The molecule has 0 aromatic carbocycles. The fourth-order valence-corrected chi connectivity index (χ4v) is 4.68. The number of nitrogens with zero attached hydrogens (tertiary/aromatic N) is 2. The van der Waals surface area contributed by atoms with Crippen LogP contribution in [0.5, 0.6) is 0 Å². The van der Waals surface area contributed by atoms with E-state index >= 15 is 0 Å². The molecule has 1 aliphatic carbocycles. The molecule has 0 bridgehead atoms.